The van der Waals surface area contributed by atoms with E-state index in [0.717, 1.165) is 6.42 Å². The number of nitrogens with two attached hydrogens (primary N) is 1. The first-order valence-corrected chi connectivity index (χ1v) is 10.4. The summed E-state index contributed by atoms with van der Waals surface area (Å²) in [6.45, 7) is 6.67. The Morgan fingerprint density at radius 1 is 0.800 bits per heavy atom. The van der Waals surface area contributed by atoms with Crippen LogP contribution in [0.2, 0.25) is 0 Å². The van der Waals surface area contributed by atoms with Crippen molar-refractivity contribution in [2.45, 2.75) is 103 Å². The van der Waals surface area contributed by atoms with Crippen molar-refractivity contribution in [2.24, 2.45) is 11.7 Å². The molecule has 1 rings (SSSR count). The normalized spacial score (nSPS) is 12.6. The number of unbranched alkanes of at least 4 members (excludes halogenated alkanes) is 9. The molecule has 0 aliphatic heterocycles. The Kier molecular flexibility index (Phi) is 14.6. The van der Waals surface area contributed by atoms with Crippen LogP contribution >= 0.6 is 17.0 Å². The first-order valence-electron chi connectivity index (χ1n) is 10.4. The van der Waals surface area contributed by atoms with E-state index in [0.29, 0.717) is 5.92 Å². The number of rotatable bonds is 14. The molecule has 1 aromatic carbocycles. The number of benzene rings is 1. The lowest BCUT2D eigenvalue weighted by molar-refractivity contribution is 0.290. The van der Waals surface area contributed by atoms with E-state index in [1.165, 1.54) is 76.2 Å². The van der Waals surface area contributed by atoms with Crippen LogP contribution in [-0.2, 0) is 6.42 Å². The average molecular weight is 413 g/mol. The molecule has 2 heteroatoms. The molecule has 0 heterocycles. The van der Waals surface area contributed by atoms with Crippen LogP contribution in [0.1, 0.15) is 97.0 Å². The Balaban J connectivity index is 0.00000576. The van der Waals surface area contributed by atoms with Crippen LogP contribution in [0, 0.1) is 5.92 Å². The second kappa shape index (κ2) is 14.8. The van der Waals surface area contributed by atoms with E-state index in [1.54, 1.807) is 0 Å². The summed E-state index contributed by atoms with van der Waals surface area (Å²) in [4.78, 5) is 0. The molecule has 146 valence electrons. The zero-order valence-corrected chi connectivity index (χ0v) is 18.6. The third kappa shape index (κ3) is 12.6. The molecule has 0 aliphatic carbocycles. The summed E-state index contributed by atoms with van der Waals surface area (Å²) in [5, 5.41) is 0. The van der Waals surface area contributed by atoms with Crippen LogP contribution in [0.3, 0.4) is 0 Å². The van der Waals surface area contributed by atoms with Crippen molar-refractivity contribution in [1.82, 2.24) is 0 Å². The molecule has 0 saturated carbocycles. The van der Waals surface area contributed by atoms with Crippen molar-refractivity contribution in [3.05, 3.63) is 35.9 Å². The summed E-state index contributed by atoms with van der Waals surface area (Å²) in [5.74, 6) is 0.578. The fraction of sp³-hybridized carbons (Fsp3) is 0.739. The second-order valence-corrected chi connectivity index (χ2v) is 8.18. The van der Waals surface area contributed by atoms with Crippen molar-refractivity contribution in [3.63, 3.8) is 0 Å². The quantitative estimate of drug-likeness (QED) is 0.315. The zero-order valence-electron chi connectivity index (χ0n) is 16.9. The third-order valence-corrected chi connectivity index (χ3v) is 5.28. The highest BCUT2D eigenvalue weighted by molar-refractivity contribution is 8.93. The molecular weight excluding hydrogens is 370 g/mol. The highest BCUT2D eigenvalue weighted by Crippen LogP contribution is 2.25. The van der Waals surface area contributed by atoms with Gasteiger partial charge in [0.05, 0.1) is 0 Å². The monoisotopic (exact) mass is 411 g/mol. The van der Waals surface area contributed by atoms with Gasteiger partial charge in [-0.05, 0) is 38.2 Å². The SMILES string of the molecule is Br.CCCCCCCCCCCCC(Cc1ccccc1)C(C)(C)N. The number of hydrogen-bond donors (Lipinski definition) is 1. The molecule has 2 N–H and O–H groups in total. The fourth-order valence-corrected chi connectivity index (χ4v) is 3.51. The van der Waals surface area contributed by atoms with Gasteiger partial charge in [-0.2, -0.15) is 0 Å². The molecule has 0 aliphatic rings. The summed E-state index contributed by atoms with van der Waals surface area (Å²) in [7, 11) is 0. The maximum atomic E-state index is 6.45. The molecule has 1 atom stereocenters. The van der Waals surface area contributed by atoms with Crippen molar-refractivity contribution in [2.75, 3.05) is 0 Å². The minimum Gasteiger partial charge on any atom is -0.325 e. The van der Waals surface area contributed by atoms with Gasteiger partial charge < -0.3 is 5.73 Å². The fourth-order valence-electron chi connectivity index (χ4n) is 3.51. The predicted octanol–water partition coefficient (Wildman–Crippen LogP) is 7.47. The van der Waals surface area contributed by atoms with Gasteiger partial charge in [0.2, 0.25) is 0 Å². The molecule has 0 spiro atoms. The van der Waals surface area contributed by atoms with E-state index in [1.807, 2.05) is 0 Å². The van der Waals surface area contributed by atoms with Crippen LogP contribution in [0.4, 0.5) is 0 Å². The Morgan fingerprint density at radius 3 is 1.76 bits per heavy atom. The smallest absolute Gasteiger partial charge is 0.0129 e. The van der Waals surface area contributed by atoms with E-state index in [2.05, 4.69) is 51.1 Å². The van der Waals surface area contributed by atoms with Gasteiger partial charge in [-0.3, -0.25) is 0 Å². The second-order valence-electron chi connectivity index (χ2n) is 8.18. The Labute approximate surface area is 167 Å². The van der Waals surface area contributed by atoms with Gasteiger partial charge in [0, 0.05) is 5.54 Å². The van der Waals surface area contributed by atoms with Gasteiger partial charge in [-0.1, -0.05) is 101 Å². The van der Waals surface area contributed by atoms with Gasteiger partial charge in [0.1, 0.15) is 0 Å². The lowest BCUT2D eigenvalue weighted by Crippen LogP contribution is -2.42. The summed E-state index contributed by atoms with van der Waals surface area (Å²) in [5.41, 5.74) is 7.78. The van der Waals surface area contributed by atoms with Crippen LogP contribution in [-0.4, -0.2) is 5.54 Å². The van der Waals surface area contributed by atoms with Gasteiger partial charge in [-0.25, -0.2) is 0 Å². The maximum Gasteiger partial charge on any atom is 0.0129 e. The Bertz CT molecular complexity index is 396. The summed E-state index contributed by atoms with van der Waals surface area (Å²) in [6.07, 6.45) is 16.4. The van der Waals surface area contributed by atoms with Crippen LogP contribution in [0.15, 0.2) is 30.3 Å². The van der Waals surface area contributed by atoms with Gasteiger partial charge in [0.25, 0.3) is 0 Å². The zero-order chi connectivity index (χ0) is 17.7. The van der Waals surface area contributed by atoms with Crippen molar-refractivity contribution in [1.29, 1.82) is 0 Å². The summed E-state index contributed by atoms with van der Waals surface area (Å²) >= 11 is 0. The predicted molar refractivity (Wildman–Crippen MR) is 119 cm³/mol. The average Bonchev–Trinajstić information content (AvgIpc) is 2.55. The molecule has 0 radical (unpaired) electrons. The lowest BCUT2D eigenvalue weighted by Gasteiger charge is -2.31. The lowest BCUT2D eigenvalue weighted by atomic mass is 9.80. The Morgan fingerprint density at radius 2 is 1.28 bits per heavy atom. The largest absolute Gasteiger partial charge is 0.325 e. The molecule has 0 aromatic heterocycles. The van der Waals surface area contributed by atoms with E-state index in [-0.39, 0.29) is 22.5 Å². The molecule has 25 heavy (non-hydrogen) atoms. The standard InChI is InChI=1S/C23H41N.BrH/c1-4-5-6-7-8-9-10-11-12-16-19-22(23(2,3)24)20-21-17-14-13-15-18-21;/h13-15,17-18,22H,4-12,16,19-20,24H2,1-3H3;1H. The Hall–Kier alpha value is -0.340. The van der Waals surface area contributed by atoms with Gasteiger partial charge >= 0.3 is 0 Å². The molecule has 0 bridgehead atoms. The molecule has 1 aromatic rings. The topological polar surface area (TPSA) is 26.0 Å². The van der Waals surface area contributed by atoms with Crippen molar-refractivity contribution < 1.29 is 0 Å². The third-order valence-electron chi connectivity index (χ3n) is 5.28. The summed E-state index contributed by atoms with van der Waals surface area (Å²) < 4.78 is 0. The van der Waals surface area contributed by atoms with E-state index >= 15 is 0 Å². The van der Waals surface area contributed by atoms with E-state index < -0.39 is 0 Å². The first kappa shape index (κ1) is 24.7. The molecular formula is C23H42BrN. The van der Waals surface area contributed by atoms with Gasteiger partial charge in [-0.15, -0.1) is 17.0 Å². The highest BCUT2D eigenvalue weighted by Gasteiger charge is 2.24. The molecule has 0 amide bonds. The maximum absolute atomic E-state index is 6.45. The van der Waals surface area contributed by atoms with E-state index in [9.17, 15) is 0 Å². The minimum absolute atomic E-state index is 0. The first-order chi connectivity index (χ1) is 11.5. The number of hydrogen-bond acceptors (Lipinski definition) is 1. The van der Waals surface area contributed by atoms with Crippen LogP contribution in [0.25, 0.3) is 0 Å². The highest BCUT2D eigenvalue weighted by atomic mass is 79.9. The van der Waals surface area contributed by atoms with Crippen molar-refractivity contribution in [3.8, 4) is 0 Å². The molecule has 1 unspecified atom stereocenters. The van der Waals surface area contributed by atoms with Crippen molar-refractivity contribution >= 4 is 17.0 Å². The molecule has 0 fully saturated rings. The van der Waals surface area contributed by atoms with E-state index in [4.69, 9.17) is 5.73 Å². The van der Waals surface area contributed by atoms with Crippen LogP contribution < -0.4 is 5.73 Å². The minimum atomic E-state index is -0.0882. The molecule has 0 saturated heterocycles. The van der Waals surface area contributed by atoms with Gasteiger partial charge in [0.15, 0.2) is 0 Å². The summed E-state index contributed by atoms with van der Waals surface area (Å²) in [6, 6.07) is 10.8. The van der Waals surface area contributed by atoms with Crippen LogP contribution in [0.5, 0.6) is 0 Å². The number of halogens is 1. The molecule has 1 nitrogen and oxygen atoms in total.